The lowest BCUT2D eigenvalue weighted by Gasteiger charge is -2.33. The van der Waals surface area contributed by atoms with Gasteiger partial charge in [-0.15, -0.1) is 0 Å². The van der Waals surface area contributed by atoms with Crippen molar-refractivity contribution < 1.29 is 108 Å². The van der Waals surface area contributed by atoms with Crippen molar-refractivity contribution in [3.8, 4) is 5.75 Å². The Morgan fingerprint density at radius 3 is 1.60 bits per heavy atom. The Bertz CT molecular complexity index is 3160. The van der Waals surface area contributed by atoms with Crippen molar-refractivity contribution in [1.29, 1.82) is 0 Å². The van der Waals surface area contributed by atoms with Gasteiger partial charge in [0.2, 0.25) is 76.8 Å². The normalized spacial score (nSPS) is 27.6. The van der Waals surface area contributed by atoms with Gasteiger partial charge in [-0.25, -0.2) is 4.79 Å². The number of benzene rings is 1. The van der Waals surface area contributed by atoms with Gasteiger partial charge in [-0.1, -0.05) is 97.1 Å². The molecule has 1 aromatic rings. The van der Waals surface area contributed by atoms with E-state index < -0.39 is 230 Å². The van der Waals surface area contributed by atoms with Crippen molar-refractivity contribution in [3.63, 3.8) is 0 Å². The van der Waals surface area contributed by atoms with Crippen molar-refractivity contribution in [2.24, 2.45) is 17.4 Å². The van der Waals surface area contributed by atoms with Crippen LogP contribution in [-0.2, 0) is 78.3 Å². The molecular weight excluding hydrogens is 1400 g/mol. The van der Waals surface area contributed by atoms with Crippen LogP contribution in [0.2, 0.25) is 0 Å². The van der Waals surface area contributed by atoms with Gasteiger partial charge in [-0.3, -0.25) is 62.3 Å². The van der Waals surface area contributed by atoms with Gasteiger partial charge in [0, 0.05) is 25.9 Å². The predicted octanol–water partition coefficient (Wildman–Crippen LogP) is -4.44. The molecular formula is C71H116N14O22. The quantitative estimate of drug-likeness (QED) is 0.0324. The molecule has 107 heavy (non-hydrogen) atoms. The third-order valence-electron chi connectivity index (χ3n) is 18.9. The molecule has 3 saturated heterocycles. The molecule has 36 nitrogen and oxygen atoms in total. The molecule has 0 spiro atoms. The van der Waals surface area contributed by atoms with Crippen LogP contribution in [0.5, 0.6) is 5.75 Å². The summed E-state index contributed by atoms with van der Waals surface area (Å²) >= 11 is 0. The Balaban J connectivity index is 1.78. The predicted molar refractivity (Wildman–Crippen MR) is 384 cm³/mol. The van der Waals surface area contributed by atoms with Crippen LogP contribution in [-0.4, -0.2) is 264 Å². The second-order valence-electron chi connectivity index (χ2n) is 28.5. The fourth-order valence-corrected chi connectivity index (χ4v) is 12.7. The average molecular weight is 1520 g/mol. The fraction of sp³-hybridized carbons (Fsp3) is 0.718. The summed E-state index contributed by atoms with van der Waals surface area (Å²) in [6, 6.07) is -13.4. The molecule has 0 radical (unpaired) electrons. The van der Waals surface area contributed by atoms with Crippen LogP contribution < -0.4 is 64.6 Å². The molecule has 3 aliphatic rings. The number of hydrogen-bond donors (Lipinski definition) is 19. The smallest absolute Gasteiger partial charge is 0.328 e. The number of esters is 1. The van der Waals surface area contributed by atoms with Crippen LogP contribution in [0.3, 0.4) is 0 Å². The molecule has 0 saturated carbocycles. The first kappa shape index (κ1) is 90.7. The molecule has 18 unspecified atom stereocenters. The van der Waals surface area contributed by atoms with Crippen molar-refractivity contribution >= 4 is 82.8 Å². The van der Waals surface area contributed by atoms with Gasteiger partial charge in [0.1, 0.15) is 78.3 Å². The summed E-state index contributed by atoms with van der Waals surface area (Å²) in [4.78, 5) is 199. The van der Waals surface area contributed by atoms with Gasteiger partial charge in [-0.2, -0.15) is 0 Å². The summed E-state index contributed by atoms with van der Waals surface area (Å²) in [5.74, 6) is -16.3. The molecule has 4 rings (SSSR count). The summed E-state index contributed by atoms with van der Waals surface area (Å²) in [6.07, 6.45) is -3.33. The van der Waals surface area contributed by atoms with Crippen LogP contribution in [0, 0.1) is 5.92 Å². The molecule has 602 valence electrons. The lowest BCUT2D eigenvalue weighted by atomic mass is 9.99. The topological polar surface area (TPSA) is 569 Å². The molecule has 0 aliphatic carbocycles. The van der Waals surface area contributed by atoms with E-state index in [1.807, 2.05) is 0 Å². The Kier molecular flexibility index (Phi) is 38.3. The summed E-state index contributed by atoms with van der Waals surface area (Å²) in [5, 5.41) is 100.0. The highest BCUT2D eigenvalue weighted by Gasteiger charge is 2.47. The number of aliphatic hydroxyl groups excluding tert-OH is 6. The van der Waals surface area contributed by atoms with Crippen LogP contribution in [0.4, 0.5) is 0 Å². The first-order valence-corrected chi connectivity index (χ1v) is 37.1. The number of unbranched alkanes of at least 4 members (excludes halogenated alkanes) is 10. The van der Waals surface area contributed by atoms with E-state index >= 15 is 0 Å². The number of fused-ring (bicyclic) bond motifs is 2. The number of amides is 13. The zero-order valence-electron chi connectivity index (χ0n) is 62.6. The number of nitrogens with one attached hydrogen (secondary N) is 10. The van der Waals surface area contributed by atoms with Crippen molar-refractivity contribution in [1.82, 2.24) is 63.0 Å². The van der Waals surface area contributed by atoms with Gasteiger partial charge in [0.15, 0.2) is 0 Å². The number of nitrogens with two attached hydrogens (primary N) is 2. The minimum absolute atomic E-state index is 0.00293. The van der Waals surface area contributed by atoms with Crippen LogP contribution in [0.25, 0.3) is 0 Å². The monoisotopic (exact) mass is 1520 g/mol. The third-order valence-corrected chi connectivity index (χ3v) is 18.9. The summed E-state index contributed by atoms with van der Waals surface area (Å²) < 4.78 is 5.95. The van der Waals surface area contributed by atoms with Crippen molar-refractivity contribution in [2.75, 3.05) is 26.2 Å². The molecule has 21 N–H and O–H groups in total. The van der Waals surface area contributed by atoms with Crippen LogP contribution in [0.1, 0.15) is 183 Å². The van der Waals surface area contributed by atoms with Crippen LogP contribution in [0.15, 0.2) is 24.3 Å². The van der Waals surface area contributed by atoms with E-state index in [9.17, 15) is 103 Å². The number of nitrogens with zero attached hydrogens (tertiary/aromatic N) is 2. The van der Waals surface area contributed by atoms with Gasteiger partial charge in [0.05, 0.1) is 56.0 Å². The number of carbonyl (C=O) groups is 14. The second kappa shape index (κ2) is 45.2. The average Bonchev–Trinajstić information content (AvgIpc) is 1.73. The second-order valence-corrected chi connectivity index (χ2v) is 28.5. The fourth-order valence-electron chi connectivity index (χ4n) is 12.7. The van der Waals surface area contributed by atoms with E-state index in [0.717, 1.165) is 75.5 Å². The van der Waals surface area contributed by atoms with Gasteiger partial charge >= 0.3 is 5.97 Å². The Morgan fingerprint density at radius 2 is 1.04 bits per heavy atom. The number of phenolic OH excluding ortho intramolecular Hbond substituents is 1. The maximum atomic E-state index is 14.7. The van der Waals surface area contributed by atoms with E-state index in [0.29, 0.717) is 18.4 Å². The molecule has 36 heteroatoms. The molecule has 1 aromatic carbocycles. The van der Waals surface area contributed by atoms with Crippen LogP contribution >= 0.6 is 0 Å². The Labute approximate surface area is 623 Å². The first-order valence-electron chi connectivity index (χ1n) is 37.1. The minimum Gasteiger partial charge on any atom is -0.508 e. The lowest BCUT2D eigenvalue weighted by Crippen LogP contribution is -2.63. The number of carbonyl (C=O) groups excluding carboxylic acids is 14. The highest BCUT2D eigenvalue weighted by atomic mass is 16.5. The minimum atomic E-state index is -2.10. The lowest BCUT2D eigenvalue weighted by molar-refractivity contribution is -0.155. The first-order chi connectivity index (χ1) is 50.5. The van der Waals surface area contributed by atoms with E-state index in [-0.39, 0.29) is 57.4 Å². The highest BCUT2D eigenvalue weighted by molar-refractivity contribution is 6.00. The number of cyclic esters (lactones) is 1. The largest absolute Gasteiger partial charge is 0.508 e. The van der Waals surface area contributed by atoms with E-state index in [1.165, 1.54) is 64.8 Å². The Hall–Kier alpha value is -8.68. The maximum absolute atomic E-state index is 14.7. The number of hydrogen-bond acceptors (Lipinski definition) is 23. The summed E-state index contributed by atoms with van der Waals surface area (Å²) in [5.41, 5.74) is 11.6. The van der Waals surface area contributed by atoms with Gasteiger partial charge in [-0.05, 0) is 103 Å². The van der Waals surface area contributed by atoms with Crippen molar-refractivity contribution in [3.05, 3.63) is 29.8 Å². The molecule has 3 fully saturated rings. The number of rotatable bonds is 25. The van der Waals surface area contributed by atoms with E-state index in [1.54, 1.807) is 0 Å². The molecule has 0 bridgehead atoms. The van der Waals surface area contributed by atoms with E-state index in [4.69, 9.17) is 16.2 Å². The number of aliphatic hydroxyl groups is 6. The molecule has 3 heterocycles. The third kappa shape index (κ3) is 29.4. The zero-order valence-corrected chi connectivity index (χ0v) is 62.6. The standard InChI is InChI=1S/C71H116N14O22/c1-9-10-11-12-13-14-15-16-17-18-19-22-46-33-53(94)78-56(39(5)86)66(101)75-38(4)61(96)77-48(31-43-25-27-44(90)28-26-43)62(97)80-55(37(2)3)69(104)85-36-45(91)32-50(85)64(99)81-58(41(7)88)68(103)82-59(42(8)89)70(105)84-30-21-24-49(84)63(98)83-60(51(92)34-52(73)93)65(100)74-35-54(95)79-57(40(6)87)67(102)76-47(23-20-29-72)71(106)107-46/h25-28,37-42,45-51,55-60,86-92H,9-24,29-36,72H2,1-8H3,(H2,73,93)(H,74,100)(H,75,101)(H,76,102)(H,77,96)(H,78,94)(H,79,95)(H,80,97)(H,81,99)(H,82,103)(H,83,98). The molecule has 0 aromatic heterocycles. The molecule has 13 amide bonds. The van der Waals surface area contributed by atoms with E-state index in [2.05, 4.69) is 60.1 Å². The number of phenols is 1. The maximum Gasteiger partial charge on any atom is 0.328 e. The Morgan fingerprint density at radius 1 is 0.542 bits per heavy atom. The zero-order chi connectivity index (χ0) is 79.9. The molecule has 3 aliphatic heterocycles. The van der Waals surface area contributed by atoms with Gasteiger partial charge in [0.25, 0.3) is 0 Å². The number of primary amides is 1. The highest BCUT2D eigenvalue weighted by Crippen LogP contribution is 2.25. The number of ether oxygens (including phenoxy) is 1. The number of aromatic hydroxyl groups is 1. The SMILES string of the molecule is CCCCCCCCCCCCCC1CC(=O)NC(C(C)O)C(=O)NC(C)C(=O)NC(Cc2ccc(O)cc2)C(=O)NC(C(C)C)C(=O)N2CC(O)CC2C(=O)NC(C(C)O)C(=O)NC(C(C)O)C(=O)N2CCCC2C(=O)NC(C(O)CC(N)=O)C(=O)NCC(=O)NC(C(C)O)C(=O)NC(CCCN)C(=O)O1. The summed E-state index contributed by atoms with van der Waals surface area (Å²) in [6.45, 7) is 9.19. The molecule has 18 atom stereocenters. The summed E-state index contributed by atoms with van der Waals surface area (Å²) in [7, 11) is 0. The van der Waals surface area contributed by atoms with Crippen molar-refractivity contribution in [2.45, 2.75) is 293 Å². The van der Waals surface area contributed by atoms with Gasteiger partial charge < -0.3 is 115 Å².